The first-order valence-electron chi connectivity index (χ1n) is 6.41. The molecule has 7 nitrogen and oxygen atoms in total. The molecule has 4 N–H and O–H groups in total. The number of hydrogen-bond acceptors (Lipinski definition) is 6. The minimum Gasteiger partial charge on any atom is -0.409 e. The number of rotatable bonds is 4. The number of piperidine rings is 1. The van der Waals surface area contributed by atoms with Crippen LogP contribution in [0.15, 0.2) is 17.4 Å². The third kappa shape index (κ3) is 3.31. The van der Waals surface area contributed by atoms with Crippen LogP contribution in [0.2, 0.25) is 0 Å². The molecule has 1 aromatic heterocycles. The van der Waals surface area contributed by atoms with E-state index in [1.54, 1.807) is 12.3 Å². The summed E-state index contributed by atoms with van der Waals surface area (Å²) in [5.74, 6) is 1.04. The van der Waals surface area contributed by atoms with E-state index in [-0.39, 0.29) is 12.4 Å². The molecule has 1 aliphatic rings. The van der Waals surface area contributed by atoms with E-state index in [9.17, 15) is 0 Å². The Kier molecular flexibility index (Phi) is 4.51. The lowest BCUT2D eigenvalue weighted by atomic mass is 9.95. The van der Waals surface area contributed by atoms with E-state index in [2.05, 4.69) is 20.0 Å². The number of nitrogens with two attached hydrogens (primary N) is 1. The van der Waals surface area contributed by atoms with Crippen LogP contribution >= 0.6 is 0 Å². The summed E-state index contributed by atoms with van der Waals surface area (Å²) >= 11 is 0. The zero-order valence-electron chi connectivity index (χ0n) is 10.7. The molecule has 0 aliphatic carbocycles. The summed E-state index contributed by atoms with van der Waals surface area (Å²) < 4.78 is 0. The lowest BCUT2D eigenvalue weighted by Crippen LogP contribution is -2.37. The molecule has 1 saturated heterocycles. The molecular formula is C12H19N5O2. The highest BCUT2D eigenvalue weighted by atomic mass is 16.4. The molecule has 0 aromatic carbocycles. The average Bonchev–Trinajstić information content (AvgIpc) is 2.47. The maximum Gasteiger partial charge on any atom is 0.225 e. The third-order valence-electron chi connectivity index (χ3n) is 3.35. The number of aromatic nitrogens is 2. The van der Waals surface area contributed by atoms with Crippen molar-refractivity contribution in [2.24, 2.45) is 16.8 Å². The summed E-state index contributed by atoms with van der Waals surface area (Å²) in [7, 11) is 0. The molecule has 0 amide bonds. The summed E-state index contributed by atoms with van der Waals surface area (Å²) in [5.41, 5.74) is 5.94. The number of oxime groups is 1. The van der Waals surface area contributed by atoms with Gasteiger partial charge in [-0.2, -0.15) is 0 Å². The Bertz CT molecular complexity index is 450. The summed E-state index contributed by atoms with van der Waals surface area (Å²) in [5, 5.41) is 20.6. The Labute approximate surface area is 111 Å². The highest BCUT2D eigenvalue weighted by molar-refractivity contribution is 5.95. The number of amidine groups is 1. The van der Waals surface area contributed by atoms with Gasteiger partial charge in [-0.25, -0.2) is 9.97 Å². The number of anilines is 1. The van der Waals surface area contributed by atoms with E-state index in [1.165, 1.54) is 0 Å². The highest BCUT2D eigenvalue weighted by Crippen LogP contribution is 2.22. The molecule has 1 aliphatic heterocycles. The summed E-state index contributed by atoms with van der Waals surface area (Å²) in [6.45, 7) is 1.94. The fraction of sp³-hybridized carbons (Fsp3) is 0.583. The topological polar surface area (TPSA) is 108 Å². The van der Waals surface area contributed by atoms with Crippen molar-refractivity contribution in [1.82, 2.24) is 9.97 Å². The highest BCUT2D eigenvalue weighted by Gasteiger charge is 2.21. The van der Waals surface area contributed by atoms with Crippen LogP contribution in [0.25, 0.3) is 0 Å². The van der Waals surface area contributed by atoms with Crippen molar-refractivity contribution in [3.63, 3.8) is 0 Å². The van der Waals surface area contributed by atoms with Crippen molar-refractivity contribution in [3.05, 3.63) is 18.0 Å². The van der Waals surface area contributed by atoms with Crippen molar-refractivity contribution in [2.45, 2.75) is 19.3 Å². The molecule has 2 rings (SSSR count). The van der Waals surface area contributed by atoms with Gasteiger partial charge in [-0.1, -0.05) is 5.16 Å². The van der Waals surface area contributed by atoms with Gasteiger partial charge in [0.2, 0.25) is 5.95 Å². The van der Waals surface area contributed by atoms with E-state index in [4.69, 9.17) is 16.0 Å². The van der Waals surface area contributed by atoms with Crippen molar-refractivity contribution in [2.75, 3.05) is 24.6 Å². The molecule has 0 bridgehead atoms. The Hall–Kier alpha value is -1.89. The van der Waals surface area contributed by atoms with Gasteiger partial charge in [0.1, 0.15) is 5.69 Å². The molecule has 2 heterocycles. The molecule has 1 atom stereocenters. The molecular weight excluding hydrogens is 246 g/mol. The van der Waals surface area contributed by atoms with Crippen LogP contribution in [0.4, 0.5) is 5.95 Å². The molecule has 1 unspecified atom stereocenters. The van der Waals surface area contributed by atoms with Crippen LogP contribution in [0.1, 0.15) is 25.0 Å². The molecule has 104 valence electrons. The first-order chi connectivity index (χ1) is 9.24. The predicted octanol–water partition coefficient (Wildman–Crippen LogP) is 0.170. The number of aliphatic hydroxyl groups excluding tert-OH is 1. The van der Waals surface area contributed by atoms with E-state index >= 15 is 0 Å². The minimum absolute atomic E-state index is 0.0208. The van der Waals surface area contributed by atoms with Gasteiger partial charge in [0.25, 0.3) is 0 Å². The molecule has 19 heavy (non-hydrogen) atoms. The van der Waals surface area contributed by atoms with E-state index in [1.807, 2.05) is 0 Å². The van der Waals surface area contributed by atoms with E-state index in [0.717, 1.165) is 32.4 Å². The molecule has 0 radical (unpaired) electrons. The number of nitrogens with zero attached hydrogens (tertiary/aromatic N) is 4. The maximum atomic E-state index is 9.01. The minimum atomic E-state index is -0.0208. The van der Waals surface area contributed by atoms with Crippen molar-refractivity contribution in [3.8, 4) is 0 Å². The fourth-order valence-electron chi connectivity index (χ4n) is 2.36. The monoisotopic (exact) mass is 265 g/mol. The summed E-state index contributed by atoms with van der Waals surface area (Å²) in [6.07, 6.45) is 4.58. The van der Waals surface area contributed by atoms with Gasteiger partial charge < -0.3 is 20.9 Å². The average molecular weight is 265 g/mol. The van der Waals surface area contributed by atoms with Gasteiger partial charge >= 0.3 is 0 Å². The Morgan fingerprint density at radius 2 is 2.42 bits per heavy atom. The number of aliphatic hydroxyl groups is 1. The van der Waals surface area contributed by atoms with Crippen molar-refractivity contribution < 1.29 is 10.3 Å². The smallest absolute Gasteiger partial charge is 0.225 e. The van der Waals surface area contributed by atoms with Gasteiger partial charge in [0, 0.05) is 25.9 Å². The Morgan fingerprint density at radius 3 is 3.16 bits per heavy atom. The quantitative estimate of drug-likeness (QED) is 0.310. The van der Waals surface area contributed by atoms with Crippen LogP contribution in [-0.2, 0) is 0 Å². The summed E-state index contributed by atoms with van der Waals surface area (Å²) in [6, 6.07) is 1.60. The van der Waals surface area contributed by atoms with Crippen molar-refractivity contribution >= 4 is 11.8 Å². The normalized spacial score (nSPS) is 20.6. The zero-order chi connectivity index (χ0) is 13.7. The van der Waals surface area contributed by atoms with Crippen LogP contribution in [0.3, 0.4) is 0 Å². The molecule has 1 aromatic rings. The largest absolute Gasteiger partial charge is 0.409 e. The second kappa shape index (κ2) is 6.33. The molecule has 0 spiro atoms. The van der Waals surface area contributed by atoms with Crippen molar-refractivity contribution in [1.29, 1.82) is 0 Å². The van der Waals surface area contributed by atoms with Crippen LogP contribution < -0.4 is 10.6 Å². The van der Waals surface area contributed by atoms with Crippen LogP contribution in [0.5, 0.6) is 0 Å². The molecule has 1 fully saturated rings. The maximum absolute atomic E-state index is 9.01. The van der Waals surface area contributed by atoms with Crippen LogP contribution in [0, 0.1) is 5.92 Å². The van der Waals surface area contributed by atoms with Gasteiger partial charge in [0.15, 0.2) is 5.84 Å². The first kappa shape index (κ1) is 13.5. The first-order valence-corrected chi connectivity index (χ1v) is 6.41. The standard InChI is InChI=1S/C12H19N5O2/c13-11(16-19)10-3-5-14-12(15-10)17-6-1-2-9(8-17)4-7-18/h3,5,9,18-19H,1-2,4,6-8H2,(H2,13,16). The second-order valence-corrected chi connectivity index (χ2v) is 4.69. The van der Waals surface area contributed by atoms with Gasteiger partial charge in [0.05, 0.1) is 0 Å². The van der Waals surface area contributed by atoms with Gasteiger partial charge in [-0.15, -0.1) is 0 Å². The number of hydrogen-bond donors (Lipinski definition) is 3. The predicted molar refractivity (Wildman–Crippen MR) is 71.2 cm³/mol. The third-order valence-corrected chi connectivity index (χ3v) is 3.35. The molecule has 0 saturated carbocycles. The second-order valence-electron chi connectivity index (χ2n) is 4.69. The van der Waals surface area contributed by atoms with Crippen LogP contribution in [-0.4, -0.2) is 45.8 Å². The zero-order valence-corrected chi connectivity index (χ0v) is 10.7. The Balaban J connectivity index is 2.12. The van der Waals surface area contributed by atoms with E-state index < -0.39 is 0 Å². The summed E-state index contributed by atoms with van der Waals surface area (Å²) in [4.78, 5) is 10.6. The Morgan fingerprint density at radius 1 is 1.58 bits per heavy atom. The lowest BCUT2D eigenvalue weighted by Gasteiger charge is -2.32. The molecule has 7 heteroatoms. The van der Waals surface area contributed by atoms with Gasteiger partial charge in [-0.3, -0.25) is 0 Å². The van der Waals surface area contributed by atoms with E-state index in [0.29, 0.717) is 17.6 Å². The fourth-order valence-corrected chi connectivity index (χ4v) is 2.36. The SMILES string of the molecule is N/C(=N/O)c1ccnc(N2CCCC(CCO)C2)n1. The van der Waals surface area contributed by atoms with Gasteiger partial charge in [-0.05, 0) is 31.2 Å². The lowest BCUT2D eigenvalue weighted by molar-refractivity contribution is 0.244.